The molecule has 206 valence electrons. The molecule has 8 heteroatoms. The van der Waals surface area contributed by atoms with Crippen LogP contribution in [0.25, 0.3) is 11.1 Å². The second-order valence-electron chi connectivity index (χ2n) is 9.96. The lowest BCUT2D eigenvalue weighted by atomic mass is 9.86. The molecule has 1 atom stereocenters. The predicted molar refractivity (Wildman–Crippen MR) is 151 cm³/mol. The molecule has 0 saturated heterocycles. The average Bonchev–Trinajstić information content (AvgIpc) is 2.99. The Morgan fingerprint density at radius 2 is 1.20 bits per heavy atom. The van der Waals surface area contributed by atoms with Crippen LogP contribution in [0.2, 0.25) is 0 Å². The standard InChI is InChI=1S/C33H27NO7/c35-30(25-17-27(32(38)39)28(33(40)41)18-26(25)31(36)37)34(29-12-6-10-23-9-4-5-11-24(23)29)19-20-13-15-22(16-14-20)21-7-2-1-3-8-21/h1-5,7-9,11,13-18,29H,6,10,12,19H2,(H,36,37)(H,38,39)(H,40,41)/t29-/m0/s1. The average molecular weight is 550 g/mol. The summed E-state index contributed by atoms with van der Waals surface area (Å²) in [5.41, 5.74) is 2.60. The van der Waals surface area contributed by atoms with Crippen LogP contribution in [0.3, 0.4) is 0 Å². The Morgan fingerprint density at radius 3 is 1.83 bits per heavy atom. The van der Waals surface area contributed by atoms with Crippen LogP contribution in [0.5, 0.6) is 0 Å². The topological polar surface area (TPSA) is 132 Å². The highest BCUT2D eigenvalue weighted by molar-refractivity contribution is 6.10. The lowest BCUT2D eigenvalue weighted by molar-refractivity contribution is 0.0611. The number of carbonyl (C=O) groups excluding carboxylic acids is 1. The van der Waals surface area contributed by atoms with Gasteiger partial charge in [-0.2, -0.15) is 0 Å². The van der Waals surface area contributed by atoms with Gasteiger partial charge < -0.3 is 20.2 Å². The zero-order chi connectivity index (χ0) is 29.1. The molecule has 0 bridgehead atoms. The fourth-order valence-electron chi connectivity index (χ4n) is 5.47. The van der Waals surface area contributed by atoms with Gasteiger partial charge in [0.15, 0.2) is 0 Å². The van der Waals surface area contributed by atoms with Crippen LogP contribution in [0.15, 0.2) is 91.0 Å². The minimum atomic E-state index is -1.60. The van der Waals surface area contributed by atoms with E-state index in [-0.39, 0.29) is 12.1 Å². The third kappa shape index (κ3) is 5.58. The van der Waals surface area contributed by atoms with Crippen molar-refractivity contribution in [1.29, 1.82) is 0 Å². The third-order valence-electron chi connectivity index (χ3n) is 7.47. The van der Waals surface area contributed by atoms with Crippen molar-refractivity contribution >= 4 is 23.8 Å². The Balaban J connectivity index is 1.61. The quantitative estimate of drug-likeness (QED) is 0.239. The molecule has 0 unspecified atom stereocenters. The van der Waals surface area contributed by atoms with Crippen LogP contribution in [0.1, 0.15) is 77.0 Å². The highest BCUT2D eigenvalue weighted by Gasteiger charge is 2.33. The molecule has 1 amide bonds. The minimum Gasteiger partial charge on any atom is -0.478 e. The maximum absolute atomic E-state index is 14.3. The monoisotopic (exact) mass is 549 g/mol. The molecular formula is C33H27NO7. The maximum Gasteiger partial charge on any atom is 0.336 e. The van der Waals surface area contributed by atoms with Gasteiger partial charge in [0.2, 0.25) is 0 Å². The van der Waals surface area contributed by atoms with Crippen molar-refractivity contribution in [2.24, 2.45) is 0 Å². The number of carbonyl (C=O) groups is 4. The normalized spacial score (nSPS) is 14.1. The number of nitrogens with zero attached hydrogens (tertiary/aromatic N) is 1. The van der Waals surface area contributed by atoms with E-state index >= 15 is 0 Å². The van der Waals surface area contributed by atoms with Crippen molar-refractivity contribution in [3.05, 3.63) is 130 Å². The van der Waals surface area contributed by atoms with E-state index in [0.717, 1.165) is 52.8 Å². The second-order valence-corrected chi connectivity index (χ2v) is 9.96. The minimum absolute atomic E-state index is 0.134. The number of fused-ring (bicyclic) bond motifs is 1. The first kappa shape index (κ1) is 27.3. The summed E-state index contributed by atoms with van der Waals surface area (Å²) in [6, 6.07) is 26.6. The highest BCUT2D eigenvalue weighted by atomic mass is 16.4. The van der Waals surface area contributed by atoms with Gasteiger partial charge in [-0.3, -0.25) is 4.79 Å². The van der Waals surface area contributed by atoms with Crippen molar-refractivity contribution in [3.63, 3.8) is 0 Å². The zero-order valence-corrected chi connectivity index (χ0v) is 22.0. The number of amides is 1. The molecule has 0 spiro atoms. The molecule has 3 N–H and O–H groups in total. The first-order chi connectivity index (χ1) is 19.7. The summed E-state index contributed by atoms with van der Waals surface area (Å²) in [6.07, 6.45) is 2.28. The number of carboxylic acids is 3. The summed E-state index contributed by atoms with van der Waals surface area (Å²) in [6.45, 7) is 0.134. The molecule has 0 radical (unpaired) electrons. The fraction of sp³-hybridized carbons (Fsp3) is 0.152. The van der Waals surface area contributed by atoms with E-state index in [2.05, 4.69) is 0 Å². The Morgan fingerprint density at radius 1 is 0.659 bits per heavy atom. The number of benzene rings is 4. The molecule has 41 heavy (non-hydrogen) atoms. The van der Waals surface area contributed by atoms with E-state index in [1.54, 1.807) is 4.90 Å². The number of hydrogen-bond acceptors (Lipinski definition) is 4. The summed E-state index contributed by atoms with van der Waals surface area (Å²) in [4.78, 5) is 51.7. The van der Waals surface area contributed by atoms with Gasteiger partial charge in [0.1, 0.15) is 0 Å². The highest BCUT2D eigenvalue weighted by Crippen LogP contribution is 2.37. The largest absolute Gasteiger partial charge is 0.478 e. The van der Waals surface area contributed by atoms with Crippen LogP contribution in [-0.2, 0) is 13.0 Å². The van der Waals surface area contributed by atoms with Crippen LogP contribution in [0, 0.1) is 0 Å². The van der Waals surface area contributed by atoms with Gasteiger partial charge in [0.25, 0.3) is 5.91 Å². The molecule has 0 saturated carbocycles. The molecule has 1 aliphatic rings. The Bertz CT molecular complexity index is 1640. The van der Waals surface area contributed by atoms with Crippen molar-refractivity contribution in [1.82, 2.24) is 4.90 Å². The van der Waals surface area contributed by atoms with Crippen LogP contribution >= 0.6 is 0 Å². The van der Waals surface area contributed by atoms with Crippen molar-refractivity contribution < 1.29 is 34.5 Å². The van der Waals surface area contributed by atoms with Crippen LogP contribution < -0.4 is 0 Å². The molecule has 8 nitrogen and oxygen atoms in total. The molecule has 0 heterocycles. The first-order valence-corrected chi connectivity index (χ1v) is 13.2. The van der Waals surface area contributed by atoms with Crippen molar-refractivity contribution in [3.8, 4) is 11.1 Å². The lowest BCUT2D eigenvalue weighted by Crippen LogP contribution is -2.37. The summed E-state index contributed by atoms with van der Waals surface area (Å²) in [7, 11) is 0. The Labute approximate surface area is 236 Å². The molecule has 1 aliphatic carbocycles. The number of hydrogen-bond donors (Lipinski definition) is 3. The molecule has 0 fully saturated rings. The van der Waals surface area contributed by atoms with Crippen LogP contribution in [0.4, 0.5) is 0 Å². The summed E-state index contributed by atoms with van der Waals surface area (Å²) in [5, 5.41) is 29.1. The third-order valence-corrected chi connectivity index (χ3v) is 7.47. The van der Waals surface area contributed by atoms with Gasteiger partial charge in [0.05, 0.1) is 28.3 Å². The second kappa shape index (κ2) is 11.5. The first-order valence-electron chi connectivity index (χ1n) is 13.2. The van der Waals surface area contributed by atoms with E-state index in [9.17, 15) is 34.5 Å². The van der Waals surface area contributed by atoms with Gasteiger partial charge >= 0.3 is 17.9 Å². The number of aryl methyl sites for hydroxylation is 1. The number of rotatable bonds is 8. The summed E-state index contributed by atoms with van der Waals surface area (Å²) in [5.74, 6) is -5.38. The number of carboxylic acid groups (broad SMARTS) is 3. The fourth-order valence-corrected chi connectivity index (χ4v) is 5.47. The SMILES string of the molecule is O=C(O)c1cc(C(=O)O)c(C(=O)N(Cc2ccc(-c3ccccc3)cc2)[C@H]2CCCc3ccccc32)cc1C(=O)O. The van der Waals surface area contributed by atoms with Gasteiger partial charge in [0, 0.05) is 6.54 Å². The van der Waals surface area contributed by atoms with Crippen LogP contribution in [-0.4, -0.2) is 44.0 Å². The molecule has 4 aromatic rings. The van der Waals surface area contributed by atoms with Crippen molar-refractivity contribution in [2.45, 2.75) is 31.8 Å². The van der Waals surface area contributed by atoms with Gasteiger partial charge in [-0.15, -0.1) is 0 Å². The van der Waals surface area contributed by atoms with E-state index < -0.39 is 46.5 Å². The zero-order valence-electron chi connectivity index (χ0n) is 22.0. The van der Waals surface area contributed by atoms with Gasteiger partial charge in [-0.25, -0.2) is 14.4 Å². The maximum atomic E-state index is 14.3. The van der Waals surface area contributed by atoms with Gasteiger partial charge in [-0.05, 0) is 59.2 Å². The van der Waals surface area contributed by atoms with E-state index in [4.69, 9.17) is 0 Å². The smallest absolute Gasteiger partial charge is 0.336 e. The van der Waals surface area contributed by atoms with E-state index in [0.29, 0.717) is 6.42 Å². The van der Waals surface area contributed by atoms with E-state index in [1.807, 2.05) is 78.9 Å². The Kier molecular flexibility index (Phi) is 7.65. The van der Waals surface area contributed by atoms with E-state index in [1.165, 1.54) is 0 Å². The number of aromatic carboxylic acids is 3. The molecule has 0 aromatic heterocycles. The lowest BCUT2D eigenvalue weighted by Gasteiger charge is -2.36. The van der Waals surface area contributed by atoms with Gasteiger partial charge in [-0.1, -0.05) is 78.9 Å². The summed E-state index contributed by atoms with van der Waals surface area (Å²) >= 11 is 0. The molecule has 4 aromatic carbocycles. The molecule has 5 rings (SSSR count). The molecule has 0 aliphatic heterocycles. The molecular weight excluding hydrogens is 522 g/mol. The summed E-state index contributed by atoms with van der Waals surface area (Å²) < 4.78 is 0. The Hall–Kier alpha value is -5.24. The van der Waals surface area contributed by atoms with Crippen molar-refractivity contribution in [2.75, 3.05) is 0 Å². The predicted octanol–water partition coefficient (Wildman–Crippen LogP) is 6.17.